The Morgan fingerprint density at radius 2 is 2.18 bits per heavy atom. The molecule has 116 valence electrons. The number of hydrogen-bond donors (Lipinski definition) is 2. The lowest BCUT2D eigenvalue weighted by molar-refractivity contribution is 0.0715. The maximum atomic E-state index is 13.4. The van der Waals surface area contributed by atoms with Gasteiger partial charge in [-0.2, -0.15) is 5.10 Å². The molecule has 2 atom stereocenters. The van der Waals surface area contributed by atoms with Crippen LogP contribution in [0.4, 0.5) is 8.78 Å². The summed E-state index contributed by atoms with van der Waals surface area (Å²) in [6.45, 7) is 1.87. The Kier molecular flexibility index (Phi) is 3.66. The summed E-state index contributed by atoms with van der Waals surface area (Å²) in [6, 6.07) is 3.04. The minimum atomic E-state index is -0.967. The summed E-state index contributed by atoms with van der Waals surface area (Å²) in [4.78, 5) is 14.1. The number of aromatic amines is 1. The molecule has 1 amide bonds. The van der Waals surface area contributed by atoms with Crippen molar-refractivity contribution in [2.24, 2.45) is 0 Å². The van der Waals surface area contributed by atoms with Crippen LogP contribution in [0, 0.1) is 18.6 Å². The summed E-state index contributed by atoms with van der Waals surface area (Å²) in [5.74, 6) is -2.20. The van der Waals surface area contributed by atoms with Crippen LogP contribution in [-0.2, 0) is 0 Å². The summed E-state index contributed by atoms with van der Waals surface area (Å²) in [5.41, 5.74) is 1.49. The number of carbonyl (C=O) groups is 1. The molecule has 2 aromatic rings. The minimum Gasteiger partial charge on any atom is -0.391 e. The molecule has 1 aliphatic heterocycles. The molecule has 1 fully saturated rings. The summed E-state index contributed by atoms with van der Waals surface area (Å²) in [6.07, 6.45) is 1.01. The first kappa shape index (κ1) is 14.6. The van der Waals surface area contributed by atoms with Crippen LogP contribution in [-0.4, -0.2) is 38.8 Å². The van der Waals surface area contributed by atoms with Crippen molar-refractivity contribution < 1.29 is 18.7 Å². The zero-order valence-corrected chi connectivity index (χ0v) is 11.9. The third-order valence-electron chi connectivity index (χ3n) is 3.93. The maximum absolute atomic E-state index is 13.4. The molecule has 0 bridgehead atoms. The van der Waals surface area contributed by atoms with Gasteiger partial charge in [-0.15, -0.1) is 0 Å². The topological polar surface area (TPSA) is 69.2 Å². The quantitative estimate of drug-likeness (QED) is 0.891. The monoisotopic (exact) mass is 307 g/mol. The Hall–Kier alpha value is -2.28. The van der Waals surface area contributed by atoms with Gasteiger partial charge in [0.05, 0.1) is 23.9 Å². The Labute approximate surface area is 125 Å². The fraction of sp³-hybridized carbons (Fsp3) is 0.333. The van der Waals surface area contributed by atoms with E-state index in [1.165, 1.54) is 17.2 Å². The van der Waals surface area contributed by atoms with Gasteiger partial charge in [-0.05, 0) is 31.0 Å². The normalized spacial score (nSPS) is 21.4. The molecule has 0 aliphatic carbocycles. The molecule has 22 heavy (non-hydrogen) atoms. The second-order valence-corrected chi connectivity index (χ2v) is 5.45. The molecule has 2 N–H and O–H groups in total. The predicted molar refractivity (Wildman–Crippen MR) is 74.1 cm³/mol. The fourth-order valence-electron chi connectivity index (χ4n) is 2.79. The number of nitrogens with zero attached hydrogens (tertiary/aromatic N) is 2. The molecular weight excluding hydrogens is 292 g/mol. The first-order chi connectivity index (χ1) is 10.5. The van der Waals surface area contributed by atoms with Gasteiger partial charge >= 0.3 is 0 Å². The van der Waals surface area contributed by atoms with E-state index < -0.39 is 23.8 Å². The fourth-order valence-corrected chi connectivity index (χ4v) is 2.79. The summed E-state index contributed by atoms with van der Waals surface area (Å²) in [7, 11) is 0. The lowest BCUT2D eigenvalue weighted by Gasteiger charge is -2.24. The smallest absolute Gasteiger partial charge is 0.257 e. The zero-order valence-electron chi connectivity index (χ0n) is 11.9. The lowest BCUT2D eigenvalue weighted by Crippen LogP contribution is -2.32. The molecule has 2 heterocycles. The van der Waals surface area contributed by atoms with Crippen LogP contribution in [0.2, 0.25) is 0 Å². The Morgan fingerprint density at radius 1 is 1.41 bits per heavy atom. The SMILES string of the molecule is Cc1[nH]ncc1C(=O)N1C[C@H](O)C[C@@H]1c1ccc(F)c(F)c1. The number of hydrogen-bond acceptors (Lipinski definition) is 3. The van der Waals surface area contributed by atoms with Gasteiger partial charge in [0.2, 0.25) is 0 Å². The van der Waals surface area contributed by atoms with E-state index in [0.29, 0.717) is 16.8 Å². The number of carbonyl (C=O) groups excluding carboxylic acids is 1. The molecule has 7 heteroatoms. The van der Waals surface area contributed by atoms with E-state index >= 15 is 0 Å². The van der Waals surface area contributed by atoms with Gasteiger partial charge in [0.1, 0.15) is 0 Å². The van der Waals surface area contributed by atoms with Crippen molar-refractivity contribution in [3.8, 4) is 0 Å². The number of nitrogens with one attached hydrogen (secondary N) is 1. The summed E-state index contributed by atoms with van der Waals surface area (Å²) >= 11 is 0. The zero-order chi connectivity index (χ0) is 15.9. The van der Waals surface area contributed by atoms with Crippen molar-refractivity contribution in [2.45, 2.75) is 25.5 Å². The van der Waals surface area contributed by atoms with Gasteiger partial charge in [-0.1, -0.05) is 6.07 Å². The molecule has 5 nitrogen and oxygen atoms in total. The second kappa shape index (κ2) is 5.49. The van der Waals surface area contributed by atoms with E-state index in [1.807, 2.05) is 0 Å². The largest absolute Gasteiger partial charge is 0.391 e. The van der Waals surface area contributed by atoms with Crippen LogP contribution in [0.1, 0.15) is 34.1 Å². The van der Waals surface area contributed by atoms with Crippen molar-refractivity contribution in [1.82, 2.24) is 15.1 Å². The predicted octanol–water partition coefficient (Wildman–Crippen LogP) is 1.94. The molecule has 1 saturated heterocycles. The number of likely N-dealkylation sites (tertiary alicyclic amines) is 1. The van der Waals surface area contributed by atoms with Crippen LogP contribution in [0.15, 0.2) is 24.4 Å². The highest BCUT2D eigenvalue weighted by atomic mass is 19.2. The van der Waals surface area contributed by atoms with E-state index in [0.717, 1.165) is 12.1 Å². The molecular formula is C15H15F2N3O2. The first-order valence-electron chi connectivity index (χ1n) is 6.91. The maximum Gasteiger partial charge on any atom is 0.257 e. The van der Waals surface area contributed by atoms with Crippen LogP contribution >= 0.6 is 0 Å². The number of benzene rings is 1. The number of aryl methyl sites for hydroxylation is 1. The van der Waals surface area contributed by atoms with E-state index in [-0.39, 0.29) is 18.9 Å². The van der Waals surface area contributed by atoms with Crippen molar-refractivity contribution in [3.63, 3.8) is 0 Å². The molecule has 1 aliphatic rings. The Bertz CT molecular complexity index is 717. The number of H-pyrrole nitrogens is 1. The van der Waals surface area contributed by atoms with Gasteiger partial charge in [0.25, 0.3) is 5.91 Å². The Balaban J connectivity index is 1.94. The Morgan fingerprint density at radius 3 is 2.82 bits per heavy atom. The highest BCUT2D eigenvalue weighted by molar-refractivity contribution is 5.95. The van der Waals surface area contributed by atoms with Crippen molar-refractivity contribution >= 4 is 5.91 Å². The summed E-state index contributed by atoms with van der Waals surface area (Å²) < 4.78 is 26.5. The number of β-amino-alcohol motifs (C(OH)–C–C–N with tert-alkyl or cyclic N) is 1. The third kappa shape index (κ3) is 2.48. The summed E-state index contributed by atoms with van der Waals surface area (Å²) in [5, 5.41) is 16.4. The van der Waals surface area contributed by atoms with Gasteiger partial charge < -0.3 is 10.0 Å². The van der Waals surface area contributed by atoms with Gasteiger partial charge in [0.15, 0.2) is 11.6 Å². The minimum absolute atomic E-state index is 0.146. The van der Waals surface area contributed by atoms with Crippen molar-refractivity contribution in [1.29, 1.82) is 0 Å². The molecule has 1 aromatic heterocycles. The van der Waals surface area contributed by atoms with E-state index in [1.54, 1.807) is 6.92 Å². The van der Waals surface area contributed by atoms with Gasteiger partial charge in [-0.25, -0.2) is 8.78 Å². The highest BCUT2D eigenvalue weighted by Crippen LogP contribution is 2.34. The van der Waals surface area contributed by atoms with Crippen molar-refractivity contribution in [3.05, 3.63) is 52.9 Å². The molecule has 0 spiro atoms. The number of rotatable bonds is 2. The average molecular weight is 307 g/mol. The third-order valence-corrected chi connectivity index (χ3v) is 3.93. The number of aromatic nitrogens is 2. The standard InChI is InChI=1S/C15H15F2N3O2/c1-8-11(6-18-19-8)15(22)20-7-10(21)5-14(20)9-2-3-12(16)13(17)4-9/h2-4,6,10,14,21H,5,7H2,1H3,(H,18,19)/t10-,14-/m1/s1. The van der Waals surface area contributed by atoms with E-state index in [2.05, 4.69) is 10.2 Å². The van der Waals surface area contributed by atoms with E-state index in [4.69, 9.17) is 0 Å². The van der Waals surface area contributed by atoms with Crippen LogP contribution in [0.25, 0.3) is 0 Å². The lowest BCUT2D eigenvalue weighted by atomic mass is 10.0. The molecule has 0 radical (unpaired) electrons. The van der Waals surface area contributed by atoms with Gasteiger partial charge in [0, 0.05) is 12.2 Å². The van der Waals surface area contributed by atoms with Crippen molar-refractivity contribution in [2.75, 3.05) is 6.54 Å². The number of halogens is 2. The van der Waals surface area contributed by atoms with Crippen LogP contribution in [0.3, 0.4) is 0 Å². The van der Waals surface area contributed by atoms with Gasteiger partial charge in [-0.3, -0.25) is 9.89 Å². The van der Waals surface area contributed by atoms with E-state index in [9.17, 15) is 18.7 Å². The first-order valence-corrected chi connectivity index (χ1v) is 6.91. The second-order valence-electron chi connectivity index (χ2n) is 5.45. The molecule has 1 aromatic carbocycles. The molecule has 3 rings (SSSR count). The average Bonchev–Trinajstić information content (AvgIpc) is 3.07. The highest BCUT2D eigenvalue weighted by Gasteiger charge is 2.36. The molecule has 0 saturated carbocycles. The number of aliphatic hydroxyl groups is 1. The van der Waals surface area contributed by atoms with Crippen LogP contribution < -0.4 is 0 Å². The number of aliphatic hydroxyl groups excluding tert-OH is 1. The molecule has 0 unspecified atom stereocenters. The number of amides is 1. The van der Waals surface area contributed by atoms with Crippen LogP contribution in [0.5, 0.6) is 0 Å².